The number of methoxy groups -OCH3 is 1. The van der Waals surface area contributed by atoms with Gasteiger partial charge in [0.15, 0.2) is 11.5 Å². The molecule has 2 aromatic carbocycles. The highest BCUT2D eigenvalue weighted by molar-refractivity contribution is 8.18. The van der Waals surface area contributed by atoms with Gasteiger partial charge in [0.05, 0.1) is 12.0 Å². The maximum absolute atomic E-state index is 12.5. The molecular formula is C23H25NO4S. The Bertz CT molecular complexity index is 934. The van der Waals surface area contributed by atoms with Gasteiger partial charge in [-0.2, -0.15) is 0 Å². The highest BCUT2D eigenvalue weighted by Crippen LogP contribution is 2.35. The van der Waals surface area contributed by atoms with E-state index in [-0.39, 0.29) is 17.1 Å². The number of aryl methyl sites for hydroxylation is 1. The standard InChI is InChI=1S/C23H25NO4S/c1-15(2)13-24-22(25)21(29-23(24)26)12-18-9-10-19(20(11-18)27-4)28-14-17-7-5-16(3)6-8-17/h5-12,15H,13-14H2,1-4H3. The van der Waals surface area contributed by atoms with Crippen LogP contribution in [0, 0.1) is 12.8 Å². The van der Waals surface area contributed by atoms with Gasteiger partial charge in [-0.05, 0) is 53.9 Å². The molecule has 5 nitrogen and oxygen atoms in total. The van der Waals surface area contributed by atoms with Crippen LogP contribution in [-0.2, 0) is 11.4 Å². The molecular weight excluding hydrogens is 386 g/mol. The van der Waals surface area contributed by atoms with E-state index in [0.717, 1.165) is 22.9 Å². The van der Waals surface area contributed by atoms with Crippen LogP contribution in [0.3, 0.4) is 0 Å². The Kier molecular flexibility index (Phi) is 6.64. The van der Waals surface area contributed by atoms with Crippen LogP contribution >= 0.6 is 11.8 Å². The van der Waals surface area contributed by atoms with Gasteiger partial charge in [-0.1, -0.05) is 49.7 Å². The molecule has 0 aromatic heterocycles. The number of amides is 2. The van der Waals surface area contributed by atoms with Crippen molar-refractivity contribution in [2.45, 2.75) is 27.4 Å². The third kappa shape index (κ3) is 5.21. The number of benzene rings is 2. The van der Waals surface area contributed by atoms with E-state index in [1.807, 2.05) is 57.2 Å². The van der Waals surface area contributed by atoms with E-state index in [0.29, 0.717) is 29.6 Å². The van der Waals surface area contributed by atoms with Gasteiger partial charge in [0.2, 0.25) is 0 Å². The van der Waals surface area contributed by atoms with Crippen molar-refractivity contribution < 1.29 is 19.1 Å². The minimum atomic E-state index is -0.243. The first-order valence-corrected chi connectivity index (χ1v) is 10.3. The SMILES string of the molecule is COc1cc(C=C2SC(=O)N(CC(C)C)C2=O)ccc1OCc1ccc(C)cc1. The van der Waals surface area contributed by atoms with E-state index >= 15 is 0 Å². The zero-order chi connectivity index (χ0) is 21.0. The molecule has 29 heavy (non-hydrogen) atoms. The van der Waals surface area contributed by atoms with Crippen molar-refractivity contribution in [1.82, 2.24) is 4.90 Å². The van der Waals surface area contributed by atoms with E-state index in [2.05, 4.69) is 0 Å². The number of rotatable bonds is 7. The Hall–Kier alpha value is -2.73. The fraction of sp³-hybridized carbons (Fsp3) is 0.304. The average molecular weight is 412 g/mol. The number of thioether (sulfide) groups is 1. The third-order valence-corrected chi connectivity index (χ3v) is 5.33. The largest absolute Gasteiger partial charge is 0.493 e. The molecule has 6 heteroatoms. The van der Waals surface area contributed by atoms with E-state index in [4.69, 9.17) is 9.47 Å². The highest BCUT2D eigenvalue weighted by Gasteiger charge is 2.35. The molecule has 2 aromatic rings. The Labute approximate surface area is 175 Å². The summed E-state index contributed by atoms with van der Waals surface area (Å²) in [7, 11) is 1.58. The van der Waals surface area contributed by atoms with Gasteiger partial charge in [-0.3, -0.25) is 14.5 Å². The Balaban J connectivity index is 1.74. The summed E-state index contributed by atoms with van der Waals surface area (Å²) in [5.74, 6) is 1.19. The van der Waals surface area contributed by atoms with E-state index in [1.54, 1.807) is 19.3 Å². The minimum absolute atomic E-state index is 0.222. The number of carbonyl (C=O) groups excluding carboxylic acids is 2. The summed E-state index contributed by atoms with van der Waals surface area (Å²) in [5, 5.41) is -0.222. The molecule has 0 aliphatic carbocycles. The topological polar surface area (TPSA) is 55.8 Å². The summed E-state index contributed by atoms with van der Waals surface area (Å²) in [4.78, 5) is 26.4. The molecule has 0 unspecified atom stereocenters. The van der Waals surface area contributed by atoms with Gasteiger partial charge >= 0.3 is 0 Å². The second-order valence-electron chi connectivity index (χ2n) is 7.37. The predicted octanol–water partition coefficient (Wildman–Crippen LogP) is 5.27. The number of hydrogen-bond donors (Lipinski definition) is 0. The van der Waals surface area contributed by atoms with Crippen LogP contribution in [0.15, 0.2) is 47.4 Å². The fourth-order valence-electron chi connectivity index (χ4n) is 2.91. The molecule has 1 aliphatic heterocycles. The van der Waals surface area contributed by atoms with Gasteiger partial charge in [-0.25, -0.2) is 0 Å². The third-order valence-electron chi connectivity index (χ3n) is 4.42. The Morgan fingerprint density at radius 3 is 2.45 bits per heavy atom. The number of ether oxygens (including phenoxy) is 2. The lowest BCUT2D eigenvalue weighted by Crippen LogP contribution is -2.31. The first kappa shape index (κ1) is 21.0. The Morgan fingerprint density at radius 2 is 1.79 bits per heavy atom. The molecule has 0 spiro atoms. The molecule has 1 heterocycles. The van der Waals surface area contributed by atoms with Gasteiger partial charge in [0, 0.05) is 6.54 Å². The maximum atomic E-state index is 12.5. The summed E-state index contributed by atoms with van der Waals surface area (Å²) in [5.41, 5.74) is 3.05. The molecule has 0 bridgehead atoms. The van der Waals surface area contributed by atoms with Crippen LogP contribution in [-0.4, -0.2) is 29.7 Å². The number of carbonyl (C=O) groups is 2. The highest BCUT2D eigenvalue weighted by atomic mass is 32.2. The first-order valence-electron chi connectivity index (χ1n) is 9.49. The normalized spacial score (nSPS) is 15.5. The summed E-state index contributed by atoms with van der Waals surface area (Å²) < 4.78 is 11.4. The quantitative estimate of drug-likeness (QED) is 0.581. The minimum Gasteiger partial charge on any atom is -0.493 e. The zero-order valence-corrected chi connectivity index (χ0v) is 17.9. The molecule has 1 aliphatic rings. The van der Waals surface area contributed by atoms with E-state index in [1.165, 1.54) is 10.5 Å². The van der Waals surface area contributed by atoms with Crippen LogP contribution in [0.1, 0.15) is 30.5 Å². The summed E-state index contributed by atoms with van der Waals surface area (Å²) in [6, 6.07) is 13.6. The van der Waals surface area contributed by atoms with Crippen LogP contribution in [0.5, 0.6) is 11.5 Å². The maximum Gasteiger partial charge on any atom is 0.293 e. The molecule has 0 saturated carbocycles. The summed E-state index contributed by atoms with van der Waals surface area (Å²) in [6.45, 7) is 6.87. The molecule has 0 N–H and O–H groups in total. The molecule has 152 valence electrons. The predicted molar refractivity (Wildman–Crippen MR) is 116 cm³/mol. The van der Waals surface area contributed by atoms with E-state index < -0.39 is 0 Å². The first-order chi connectivity index (χ1) is 13.9. The second kappa shape index (κ2) is 9.18. The molecule has 1 fully saturated rings. The smallest absolute Gasteiger partial charge is 0.293 e. The average Bonchev–Trinajstić information content (AvgIpc) is 2.95. The number of imide groups is 1. The fourth-order valence-corrected chi connectivity index (χ4v) is 3.76. The van der Waals surface area contributed by atoms with Crippen LogP contribution in [0.2, 0.25) is 0 Å². The van der Waals surface area contributed by atoms with Crippen molar-refractivity contribution in [3.63, 3.8) is 0 Å². The van der Waals surface area contributed by atoms with Crippen molar-refractivity contribution in [3.8, 4) is 11.5 Å². The van der Waals surface area contributed by atoms with Crippen LogP contribution < -0.4 is 9.47 Å². The molecule has 0 radical (unpaired) electrons. The molecule has 2 amide bonds. The van der Waals surface area contributed by atoms with Crippen molar-refractivity contribution in [1.29, 1.82) is 0 Å². The molecule has 0 atom stereocenters. The van der Waals surface area contributed by atoms with Crippen molar-refractivity contribution >= 4 is 29.0 Å². The van der Waals surface area contributed by atoms with Gasteiger partial charge in [-0.15, -0.1) is 0 Å². The van der Waals surface area contributed by atoms with Gasteiger partial charge in [0.1, 0.15) is 6.61 Å². The van der Waals surface area contributed by atoms with Gasteiger partial charge in [0.25, 0.3) is 11.1 Å². The molecule has 3 rings (SSSR count). The lowest BCUT2D eigenvalue weighted by Gasteiger charge is -2.14. The lowest BCUT2D eigenvalue weighted by molar-refractivity contribution is -0.123. The second-order valence-corrected chi connectivity index (χ2v) is 8.36. The van der Waals surface area contributed by atoms with Crippen molar-refractivity contribution in [2.24, 2.45) is 5.92 Å². The van der Waals surface area contributed by atoms with E-state index in [9.17, 15) is 9.59 Å². The Morgan fingerprint density at radius 1 is 1.07 bits per heavy atom. The van der Waals surface area contributed by atoms with Crippen LogP contribution in [0.4, 0.5) is 4.79 Å². The monoisotopic (exact) mass is 411 g/mol. The molecule has 1 saturated heterocycles. The van der Waals surface area contributed by atoms with Gasteiger partial charge < -0.3 is 9.47 Å². The zero-order valence-electron chi connectivity index (χ0n) is 17.1. The van der Waals surface area contributed by atoms with Crippen molar-refractivity contribution in [2.75, 3.05) is 13.7 Å². The summed E-state index contributed by atoms with van der Waals surface area (Å²) in [6.07, 6.45) is 1.72. The number of hydrogen-bond acceptors (Lipinski definition) is 5. The summed E-state index contributed by atoms with van der Waals surface area (Å²) >= 11 is 0.971. The lowest BCUT2D eigenvalue weighted by atomic mass is 10.1. The van der Waals surface area contributed by atoms with Crippen LogP contribution in [0.25, 0.3) is 6.08 Å². The van der Waals surface area contributed by atoms with Crippen molar-refractivity contribution in [3.05, 3.63) is 64.1 Å². The number of nitrogens with zero attached hydrogens (tertiary/aromatic N) is 1.